The molecule has 3 aromatic rings. The number of aromatic amines is 1. The fourth-order valence-electron chi connectivity index (χ4n) is 2.45. The van der Waals surface area contributed by atoms with Crippen LogP contribution in [-0.2, 0) is 0 Å². The van der Waals surface area contributed by atoms with Gasteiger partial charge in [0.2, 0.25) is 0 Å². The van der Waals surface area contributed by atoms with E-state index in [1.54, 1.807) is 24.3 Å². The van der Waals surface area contributed by atoms with Crippen LogP contribution in [0.2, 0.25) is 10.0 Å². The van der Waals surface area contributed by atoms with Crippen molar-refractivity contribution in [3.8, 4) is 11.3 Å². The quantitative estimate of drug-likeness (QED) is 0.629. The number of hydrogen-bond acceptors (Lipinski definition) is 1. The lowest BCUT2D eigenvalue weighted by Gasteiger charge is -2.03. The first kappa shape index (κ1) is 14.1. The number of aromatic nitrogens is 1. The predicted octanol–water partition coefficient (Wildman–Crippen LogP) is 5.40. The first-order valence-electron chi connectivity index (χ1n) is 6.24. The number of aryl methyl sites for hydroxylation is 1. The van der Waals surface area contributed by atoms with Crippen LogP contribution in [0.1, 0.15) is 15.9 Å². The van der Waals surface area contributed by atoms with E-state index in [2.05, 4.69) is 4.98 Å². The van der Waals surface area contributed by atoms with Gasteiger partial charge in [-0.3, -0.25) is 4.79 Å². The van der Waals surface area contributed by atoms with Gasteiger partial charge in [-0.2, -0.15) is 0 Å². The maximum absolute atomic E-state index is 14.1. The molecular formula is C16H10Cl2FNO. The first-order valence-corrected chi connectivity index (χ1v) is 7.00. The molecule has 0 spiro atoms. The Labute approximate surface area is 130 Å². The second kappa shape index (κ2) is 5.17. The smallest absolute Gasteiger partial charge is 0.152 e. The van der Waals surface area contributed by atoms with Gasteiger partial charge in [0, 0.05) is 16.0 Å². The van der Waals surface area contributed by atoms with Crippen molar-refractivity contribution in [2.45, 2.75) is 6.92 Å². The van der Waals surface area contributed by atoms with Gasteiger partial charge in [-0.25, -0.2) is 4.39 Å². The van der Waals surface area contributed by atoms with E-state index in [1.165, 1.54) is 6.07 Å². The number of carbonyl (C=O) groups is 1. The largest absolute Gasteiger partial charge is 0.354 e. The molecule has 0 fully saturated rings. The van der Waals surface area contributed by atoms with E-state index in [0.29, 0.717) is 33.1 Å². The van der Waals surface area contributed by atoms with Crippen molar-refractivity contribution < 1.29 is 9.18 Å². The van der Waals surface area contributed by atoms with Gasteiger partial charge in [-0.1, -0.05) is 29.3 Å². The van der Waals surface area contributed by atoms with Crippen LogP contribution in [0.15, 0.2) is 30.3 Å². The topological polar surface area (TPSA) is 32.9 Å². The van der Waals surface area contributed by atoms with Gasteiger partial charge in [0.25, 0.3) is 0 Å². The third-order valence-electron chi connectivity index (χ3n) is 3.47. The molecule has 3 rings (SSSR count). The molecule has 1 N–H and O–H groups in total. The highest BCUT2D eigenvalue weighted by atomic mass is 35.5. The van der Waals surface area contributed by atoms with Crippen LogP contribution in [-0.4, -0.2) is 11.3 Å². The molecule has 0 aliphatic rings. The number of nitrogens with one attached hydrogen (secondary N) is 1. The van der Waals surface area contributed by atoms with Crippen LogP contribution in [0.4, 0.5) is 4.39 Å². The molecule has 106 valence electrons. The molecule has 21 heavy (non-hydrogen) atoms. The zero-order chi connectivity index (χ0) is 15.1. The molecule has 0 aliphatic heterocycles. The van der Waals surface area contributed by atoms with E-state index in [1.807, 2.05) is 6.92 Å². The predicted molar refractivity (Wildman–Crippen MR) is 83.8 cm³/mol. The summed E-state index contributed by atoms with van der Waals surface area (Å²) < 4.78 is 14.1. The lowest BCUT2D eigenvalue weighted by Crippen LogP contribution is -1.87. The summed E-state index contributed by atoms with van der Waals surface area (Å²) in [5.74, 6) is -0.440. The van der Waals surface area contributed by atoms with Crippen LogP contribution in [0.25, 0.3) is 22.2 Å². The van der Waals surface area contributed by atoms with Gasteiger partial charge in [0.15, 0.2) is 6.29 Å². The Kier molecular flexibility index (Phi) is 3.47. The summed E-state index contributed by atoms with van der Waals surface area (Å²) in [6, 6.07) is 7.98. The standard InChI is InChI=1S/C16H10Cl2FNO/c1-8-2-5-13(19)14-11(7-21)16(20-15(8)14)10-4-3-9(17)6-12(10)18/h2-7,20H,1H3. The minimum atomic E-state index is -0.440. The van der Waals surface area contributed by atoms with E-state index in [4.69, 9.17) is 23.2 Å². The number of fused-ring (bicyclic) bond motifs is 1. The molecule has 5 heteroatoms. The van der Waals surface area contributed by atoms with Crippen molar-refractivity contribution in [1.82, 2.24) is 4.98 Å². The molecule has 1 aromatic heterocycles. The summed E-state index contributed by atoms with van der Waals surface area (Å²) in [4.78, 5) is 14.6. The van der Waals surface area contributed by atoms with Crippen LogP contribution >= 0.6 is 23.2 Å². The van der Waals surface area contributed by atoms with E-state index >= 15 is 0 Å². The van der Waals surface area contributed by atoms with Crippen molar-refractivity contribution in [3.63, 3.8) is 0 Å². The molecule has 0 saturated heterocycles. The Balaban J connectivity index is 2.40. The SMILES string of the molecule is Cc1ccc(F)c2c(C=O)c(-c3ccc(Cl)cc3Cl)[nH]c12. The Morgan fingerprint density at radius 3 is 2.62 bits per heavy atom. The number of carbonyl (C=O) groups excluding carboxylic acids is 1. The number of benzene rings is 2. The maximum Gasteiger partial charge on any atom is 0.152 e. The Bertz CT molecular complexity index is 870. The average molecular weight is 322 g/mol. The van der Waals surface area contributed by atoms with Gasteiger partial charge in [0.1, 0.15) is 5.82 Å². The minimum absolute atomic E-state index is 0.260. The Hall–Kier alpha value is -1.84. The molecule has 0 bridgehead atoms. The Morgan fingerprint density at radius 1 is 1.19 bits per heavy atom. The van der Waals surface area contributed by atoms with E-state index in [-0.39, 0.29) is 10.9 Å². The highest BCUT2D eigenvalue weighted by Gasteiger charge is 2.18. The van der Waals surface area contributed by atoms with Gasteiger partial charge in [-0.15, -0.1) is 0 Å². The molecule has 2 nitrogen and oxygen atoms in total. The summed E-state index contributed by atoms with van der Waals surface area (Å²) in [7, 11) is 0. The van der Waals surface area contributed by atoms with E-state index in [0.717, 1.165) is 5.56 Å². The number of halogens is 3. The van der Waals surface area contributed by atoms with Gasteiger partial charge >= 0.3 is 0 Å². The fourth-order valence-corrected chi connectivity index (χ4v) is 2.95. The summed E-state index contributed by atoms with van der Waals surface area (Å²) in [6.45, 7) is 1.85. The van der Waals surface area contributed by atoms with Gasteiger partial charge < -0.3 is 4.98 Å². The second-order valence-corrected chi connectivity index (χ2v) is 5.61. The molecule has 0 unspecified atom stereocenters. The molecular weight excluding hydrogens is 312 g/mol. The monoisotopic (exact) mass is 321 g/mol. The number of hydrogen-bond donors (Lipinski definition) is 1. The third-order valence-corrected chi connectivity index (χ3v) is 4.02. The van der Waals surface area contributed by atoms with Crippen molar-refractivity contribution in [2.75, 3.05) is 0 Å². The minimum Gasteiger partial charge on any atom is -0.354 e. The molecule has 2 aromatic carbocycles. The summed E-state index contributed by atoms with van der Waals surface area (Å²) in [6.07, 6.45) is 0.640. The molecule has 1 heterocycles. The van der Waals surface area contributed by atoms with Crippen LogP contribution < -0.4 is 0 Å². The fraction of sp³-hybridized carbons (Fsp3) is 0.0625. The van der Waals surface area contributed by atoms with Crippen LogP contribution in [0.3, 0.4) is 0 Å². The zero-order valence-corrected chi connectivity index (χ0v) is 12.5. The van der Waals surface area contributed by atoms with Crippen molar-refractivity contribution in [1.29, 1.82) is 0 Å². The number of aldehydes is 1. The molecule has 0 saturated carbocycles. The molecule has 0 amide bonds. The highest BCUT2D eigenvalue weighted by molar-refractivity contribution is 6.36. The third kappa shape index (κ3) is 2.23. The van der Waals surface area contributed by atoms with Crippen molar-refractivity contribution in [3.05, 3.63) is 57.3 Å². The highest BCUT2D eigenvalue weighted by Crippen LogP contribution is 2.36. The zero-order valence-electron chi connectivity index (χ0n) is 11.0. The summed E-state index contributed by atoms with van der Waals surface area (Å²) >= 11 is 12.1. The van der Waals surface area contributed by atoms with E-state index < -0.39 is 5.82 Å². The Morgan fingerprint density at radius 2 is 1.95 bits per heavy atom. The van der Waals surface area contributed by atoms with Crippen LogP contribution in [0.5, 0.6) is 0 Å². The van der Waals surface area contributed by atoms with Crippen molar-refractivity contribution in [2.24, 2.45) is 0 Å². The molecule has 0 atom stereocenters. The molecule has 0 aliphatic carbocycles. The maximum atomic E-state index is 14.1. The second-order valence-electron chi connectivity index (χ2n) is 4.77. The first-order chi connectivity index (χ1) is 10.0. The summed E-state index contributed by atoms with van der Waals surface area (Å²) in [5, 5.41) is 1.18. The van der Waals surface area contributed by atoms with Gasteiger partial charge in [0.05, 0.1) is 21.8 Å². The number of H-pyrrole nitrogens is 1. The summed E-state index contributed by atoms with van der Waals surface area (Å²) in [5.41, 5.74) is 2.81. The lowest BCUT2D eigenvalue weighted by molar-refractivity contribution is 0.112. The van der Waals surface area contributed by atoms with E-state index in [9.17, 15) is 9.18 Å². The lowest BCUT2D eigenvalue weighted by atomic mass is 10.0. The van der Waals surface area contributed by atoms with Crippen LogP contribution in [0, 0.1) is 12.7 Å². The van der Waals surface area contributed by atoms with Crippen molar-refractivity contribution >= 4 is 40.4 Å². The molecule has 0 radical (unpaired) electrons. The normalized spacial score (nSPS) is 11.0. The number of rotatable bonds is 2. The van der Waals surface area contributed by atoms with Gasteiger partial charge in [-0.05, 0) is 36.8 Å². The average Bonchev–Trinajstić information content (AvgIpc) is 2.83.